The number of ether oxygens (including phenoxy) is 2. The molecule has 3 aliphatic heterocycles. The third kappa shape index (κ3) is 3.57. The first kappa shape index (κ1) is 20.6. The molecule has 2 atom stereocenters. The van der Waals surface area contributed by atoms with Crippen LogP contribution in [0, 0.1) is 23.7 Å². The normalized spacial score (nSPS) is 21.7. The highest BCUT2D eigenvalue weighted by molar-refractivity contribution is 5.87. The van der Waals surface area contributed by atoms with E-state index in [9.17, 15) is 0 Å². The SMILES string of the molecule is Cn1cc(-c2ccccc2)nc1C#Cc1nc(N2CC3COC[C@H]3C2)c2cnn(C3COC3)c2n1. The van der Waals surface area contributed by atoms with Gasteiger partial charge in [0.1, 0.15) is 11.9 Å². The topological polar surface area (TPSA) is 83.1 Å². The molecule has 3 aromatic heterocycles. The average molecular weight is 468 g/mol. The summed E-state index contributed by atoms with van der Waals surface area (Å²) in [5.41, 5.74) is 2.76. The molecule has 0 spiro atoms. The van der Waals surface area contributed by atoms with Crippen LogP contribution in [-0.4, -0.2) is 68.8 Å². The fourth-order valence-corrected chi connectivity index (χ4v) is 5.14. The molecule has 0 amide bonds. The number of hydrogen-bond donors (Lipinski definition) is 0. The Hall–Kier alpha value is -3.74. The first-order valence-electron chi connectivity index (χ1n) is 12.0. The first-order valence-corrected chi connectivity index (χ1v) is 12.0. The molecule has 3 fully saturated rings. The van der Waals surface area contributed by atoms with Gasteiger partial charge >= 0.3 is 0 Å². The molecule has 35 heavy (non-hydrogen) atoms. The second kappa shape index (κ2) is 8.18. The first-order chi connectivity index (χ1) is 17.2. The zero-order chi connectivity index (χ0) is 23.4. The molecule has 9 nitrogen and oxygen atoms in total. The summed E-state index contributed by atoms with van der Waals surface area (Å²) < 4.78 is 15.0. The summed E-state index contributed by atoms with van der Waals surface area (Å²) in [6.07, 6.45) is 3.88. The molecule has 0 N–H and O–H groups in total. The van der Waals surface area contributed by atoms with Crippen LogP contribution in [0.15, 0.2) is 42.7 Å². The van der Waals surface area contributed by atoms with Gasteiger partial charge in [-0.1, -0.05) is 30.3 Å². The van der Waals surface area contributed by atoms with Crippen molar-refractivity contribution in [1.82, 2.24) is 29.3 Å². The maximum atomic E-state index is 5.68. The molecule has 9 heteroatoms. The van der Waals surface area contributed by atoms with Gasteiger partial charge in [0.2, 0.25) is 5.82 Å². The second-order valence-corrected chi connectivity index (χ2v) is 9.53. The second-order valence-electron chi connectivity index (χ2n) is 9.53. The number of fused-ring (bicyclic) bond motifs is 2. The van der Waals surface area contributed by atoms with Crippen molar-refractivity contribution in [2.24, 2.45) is 18.9 Å². The van der Waals surface area contributed by atoms with Crippen LogP contribution in [0.25, 0.3) is 22.3 Å². The number of nitrogens with zero attached hydrogens (tertiary/aromatic N) is 7. The highest BCUT2D eigenvalue weighted by atomic mass is 16.5. The molecule has 1 aromatic carbocycles. The van der Waals surface area contributed by atoms with E-state index in [1.54, 1.807) is 0 Å². The summed E-state index contributed by atoms with van der Waals surface area (Å²) >= 11 is 0. The summed E-state index contributed by atoms with van der Waals surface area (Å²) in [7, 11) is 1.95. The van der Waals surface area contributed by atoms with E-state index in [1.807, 2.05) is 59.0 Å². The van der Waals surface area contributed by atoms with Crippen molar-refractivity contribution in [3.63, 3.8) is 0 Å². The van der Waals surface area contributed by atoms with Gasteiger partial charge in [-0.15, -0.1) is 0 Å². The standard InChI is InChI=1S/C26H25N7O2/c1-31-12-22(17-5-3-2-4-6-17)28-24(31)8-7-23-29-25(32-10-18-13-34-14-19(18)11-32)21-9-27-33(26(21)30-23)20-15-35-16-20/h2-6,9,12,18-20H,10-11,13-16H2,1H3/t18-,19?/m1/s1. The number of rotatable bonds is 3. The van der Waals surface area contributed by atoms with Crippen LogP contribution in [0.4, 0.5) is 5.82 Å². The molecular weight excluding hydrogens is 442 g/mol. The van der Waals surface area contributed by atoms with Gasteiger partial charge in [0.05, 0.1) is 43.7 Å². The minimum absolute atomic E-state index is 0.199. The van der Waals surface area contributed by atoms with Crippen molar-refractivity contribution >= 4 is 16.9 Å². The number of imidazole rings is 1. The molecule has 7 rings (SSSR count). The monoisotopic (exact) mass is 467 g/mol. The van der Waals surface area contributed by atoms with Gasteiger partial charge in [0.25, 0.3) is 0 Å². The fourth-order valence-electron chi connectivity index (χ4n) is 5.14. The predicted octanol–water partition coefficient (Wildman–Crippen LogP) is 2.28. The number of anilines is 1. The molecule has 0 bridgehead atoms. The van der Waals surface area contributed by atoms with Gasteiger partial charge in [-0.05, 0) is 11.8 Å². The smallest absolute Gasteiger partial charge is 0.209 e. The van der Waals surface area contributed by atoms with Crippen molar-refractivity contribution in [3.05, 3.63) is 54.4 Å². The zero-order valence-corrected chi connectivity index (χ0v) is 19.5. The highest BCUT2D eigenvalue weighted by Gasteiger charge is 2.38. The van der Waals surface area contributed by atoms with E-state index in [-0.39, 0.29) is 6.04 Å². The van der Waals surface area contributed by atoms with Crippen molar-refractivity contribution < 1.29 is 9.47 Å². The fraction of sp³-hybridized carbons (Fsp3) is 0.385. The van der Waals surface area contributed by atoms with Gasteiger partial charge < -0.3 is 18.9 Å². The summed E-state index contributed by atoms with van der Waals surface area (Å²) in [6, 6.07) is 10.3. The maximum absolute atomic E-state index is 5.68. The van der Waals surface area contributed by atoms with E-state index in [0.29, 0.717) is 36.7 Å². The summed E-state index contributed by atoms with van der Waals surface area (Å²) in [5, 5.41) is 5.61. The summed E-state index contributed by atoms with van der Waals surface area (Å²) in [6.45, 7) is 4.81. The van der Waals surface area contributed by atoms with E-state index in [4.69, 9.17) is 24.4 Å². The molecule has 0 saturated carbocycles. The van der Waals surface area contributed by atoms with Crippen LogP contribution in [0.5, 0.6) is 0 Å². The Bertz CT molecular complexity index is 1450. The van der Waals surface area contributed by atoms with E-state index in [0.717, 1.165) is 54.4 Å². The van der Waals surface area contributed by atoms with Gasteiger partial charge in [0.15, 0.2) is 11.5 Å². The number of hydrogen-bond acceptors (Lipinski definition) is 7. The molecule has 4 aromatic rings. The Morgan fingerprint density at radius 1 is 0.914 bits per heavy atom. The molecule has 1 unspecified atom stereocenters. The van der Waals surface area contributed by atoms with Crippen molar-refractivity contribution in [1.29, 1.82) is 0 Å². The van der Waals surface area contributed by atoms with Crippen LogP contribution in [-0.2, 0) is 16.5 Å². The van der Waals surface area contributed by atoms with Crippen LogP contribution >= 0.6 is 0 Å². The van der Waals surface area contributed by atoms with Crippen LogP contribution in [0.3, 0.4) is 0 Å². The third-order valence-corrected chi connectivity index (χ3v) is 7.17. The molecule has 3 aliphatic rings. The lowest BCUT2D eigenvalue weighted by molar-refractivity contribution is -0.0269. The maximum Gasteiger partial charge on any atom is 0.209 e. The van der Waals surface area contributed by atoms with Crippen molar-refractivity contribution in [2.45, 2.75) is 6.04 Å². The molecule has 176 valence electrons. The van der Waals surface area contributed by atoms with E-state index >= 15 is 0 Å². The summed E-state index contributed by atoms with van der Waals surface area (Å²) in [4.78, 5) is 16.8. The lowest BCUT2D eigenvalue weighted by Crippen LogP contribution is -2.31. The third-order valence-electron chi connectivity index (χ3n) is 7.17. The summed E-state index contributed by atoms with van der Waals surface area (Å²) in [5.74, 6) is 9.54. The van der Waals surface area contributed by atoms with Gasteiger partial charge in [-0.3, -0.25) is 0 Å². The van der Waals surface area contributed by atoms with Crippen molar-refractivity contribution in [3.8, 4) is 23.1 Å². The molecule has 3 saturated heterocycles. The van der Waals surface area contributed by atoms with E-state index in [1.165, 1.54) is 0 Å². The lowest BCUT2D eigenvalue weighted by Gasteiger charge is -2.26. The minimum Gasteiger partial charge on any atom is -0.381 e. The van der Waals surface area contributed by atoms with Crippen LogP contribution < -0.4 is 4.90 Å². The zero-order valence-electron chi connectivity index (χ0n) is 19.5. The quantitative estimate of drug-likeness (QED) is 0.428. The van der Waals surface area contributed by atoms with E-state index in [2.05, 4.69) is 21.8 Å². The number of aryl methyl sites for hydroxylation is 1. The minimum atomic E-state index is 0.199. The average Bonchev–Trinajstić information content (AvgIpc) is 3.61. The number of aromatic nitrogens is 6. The Morgan fingerprint density at radius 3 is 2.43 bits per heavy atom. The highest BCUT2D eigenvalue weighted by Crippen LogP contribution is 2.35. The Labute approximate surface area is 202 Å². The Morgan fingerprint density at radius 2 is 1.69 bits per heavy atom. The lowest BCUT2D eigenvalue weighted by atomic mass is 10.0. The van der Waals surface area contributed by atoms with Crippen LogP contribution in [0.1, 0.15) is 17.7 Å². The molecule has 0 aliphatic carbocycles. The van der Waals surface area contributed by atoms with Gasteiger partial charge in [0, 0.05) is 43.7 Å². The molecular formula is C26H25N7O2. The molecule has 0 radical (unpaired) electrons. The van der Waals surface area contributed by atoms with E-state index < -0.39 is 0 Å². The molecule has 6 heterocycles. The van der Waals surface area contributed by atoms with Crippen molar-refractivity contribution in [2.75, 3.05) is 44.4 Å². The van der Waals surface area contributed by atoms with Gasteiger partial charge in [-0.2, -0.15) is 5.10 Å². The van der Waals surface area contributed by atoms with Crippen LogP contribution in [0.2, 0.25) is 0 Å². The number of benzene rings is 1. The largest absolute Gasteiger partial charge is 0.381 e. The van der Waals surface area contributed by atoms with Gasteiger partial charge in [-0.25, -0.2) is 19.6 Å². The Kier molecular flexibility index (Phi) is 4.82. The Balaban J connectivity index is 1.28. The predicted molar refractivity (Wildman–Crippen MR) is 130 cm³/mol.